The first-order valence-electron chi connectivity index (χ1n) is 4.74. The number of aliphatic hydroxyl groups is 1. The maximum Gasteiger partial charge on any atom is 0.342 e. The van der Waals surface area contributed by atoms with Crippen molar-refractivity contribution < 1.29 is 14.6 Å². The largest absolute Gasteiger partial charge is 0.464 e. The summed E-state index contributed by atoms with van der Waals surface area (Å²) in [5, 5.41) is 9.96. The minimum Gasteiger partial charge on any atom is -0.464 e. The molecule has 0 bridgehead atoms. The minimum atomic E-state index is -1.62. The van der Waals surface area contributed by atoms with Gasteiger partial charge in [0.1, 0.15) is 0 Å². The molecule has 0 aliphatic heterocycles. The SMILES string of the molecule is CCOC(=O)C(C)(O)c1ccc(N)cc1. The Morgan fingerprint density at radius 2 is 2.00 bits per heavy atom. The van der Waals surface area contributed by atoms with E-state index in [0.717, 1.165) is 0 Å². The first-order valence-corrected chi connectivity index (χ1v) is 4.74. The lowest BCUT2D eigenvalue weighted by molar-refractivity contribution is -0.164. The number of nitrogens with two attached hydrogens (primary N) is 1. The summed E-state index contributed by atoms with van der Waals surface area (Å²) >= 11 is 0. The average molecular weight is 209 g/mol. The Bertz CT molecular complexity index is 343. The summed E-state index contributed by atoms with van der Waals surface area (Å²) < 4.78 is 4.77. The summed E-state index contributed by atoms with van der Waals surface area (Å²) in [4.78, 5) is 11.4. The second kappa shape index (κ2) is 4.31. The predicted octanol–water partition coefficient (Wildman–Crippen LogP) is 1.04. The molecular weight excluding hydrogens is 194 g/mol. The molecule has 0 saturated carbocycles. The Balaban J connectivity index is 2.94. The normalized spacial score (nSPS) is 14.3. The molecule has 0 aromatic heterocycles. The van der Waals surface area contributed by atoms with Crippen molar-refractivity contribution in [1.29, 1.82) is 0 Å². The van der Waals surface area contributed by atoms with E-state index in [0.29, 0.717) is 11.3 Å². The van der Waals surface area contributed by atoms with E-state index < -0.39 is 11.6 Å². The standard InChI is InChI=1S/C11H15NO3/c1-3-15-10(13)11(2,14)8-4-6-9(12)7-5-8/h4-7,14H,3,12H2,1-2H3. The molecule has 1 unspecified atom stereocenters. The maximum absolute atomic E-state index is 11.4. The molecular formula is C11H15NO3. The molecule has 82 valence electrons. The van der Waals surface area contributed by atoms with E-state index >= 15 is 0 Å². The van der Waals surface area contributed by atoms with Crippen LogP contribution in [0.2, 0.25) is 0 Å². The topological polar surface area (TPSA) is 72.5 Å². The van der Waals surface area contributed by atoms with Crippen LogP contribution in [0, 0.1) is 0 Å². The van der Waals surface area contributed by atoms with Crippen molar-refractivity contribution in [3.63, 3.8) is 0 Å². The van der Waals surface area contributed by atoms with Crippen LogP contribution in [-0.2, 0) is 15.1 Å². The van der Waals surface area contributed by atoms with E-state index in [1.54, 1.807) is 31.2 Å². The number of esters is 1. The third kappa shape index (κ3) is 2.47. The molecule has 0 spiro atoms. The summed E-state index contributed by atoms with van der Waals surface area (Å²) in [6.45, 7) is 3.33. The van der Waals surface area contributed by atoms with Gasteiger partial charge in [-0.2, -0.15) is 0 Å². The fourth-order valence-electron chi connectivity index (χ4n) is 1.20. The van der Waals surface area contributed by atoms with Gasteiger partial charge >= 0.3 is 5.97 Å². The van der Waals surface area contributed by atoms with E-state index in [-0.39, 0.29) is 6.61 Å². The second-order valence-electron chi connectivity index (χ2n) is 3.41. The minimum absolute atomic E-state index is 0.240. The molecule has 0 radical (unpaired) electrons. The van der Waals surface area contributed by atoms with Crippen LogP contribution in [0.3, 0.4) is 0 Å². The molecule has 1 aromatic carbocycles. The van der Waals surface area contributed by atoms with Crippen LogP contribution in [0.25, 0.3) is 0 Å². The van der Waals surface area contributed by atoms with Gasteiger partial charge < -0.3 is 15.6 Å². The maximum atomic E-state index is 11.4. The van der Waals surface area contributed by atoms with Crippen molar-refractivity contribution in [3.05, 3.63) is 29.8 Å². The van der Waals surface area contributed by atoms with Crippen LogP contribution < -0.4 is 5.73 Å². The van der Waals surface area contributed by atoms with E-state index in [2.05, 4.69) is 0 Å². The Morgan fingerprint density at radius 3 is 2.47 bits per heavy atom. The highest BCUT2D eigenvalue weighted by Crippen LogP contribution is 2.22. The Hall–Kier alpha value is -1.55. The molecule has 0 aliphatic carbocycles. The molecule has 15 heavy (non-hydrogen) atoms. The van der Waals surface area contributed by atoms with Gasteiger partial charge in [0.25, 0.3) is 0 Å². The van der Waals surface area contributed by atoms with Crippen molar-refractivity contribution in [2.75, 3.05) is 12.3 Å². The number of anilines is 1. The van der Waals surface area contributed by atoms with Gasteiger partial charge in [0.05, 0.1) is 6.61 Å². The summed E-state index contributed by atoms with van der Waals surface area (Å²) in [6.07, 6.45) is 0. The first kappa shape index (κ1) is 11.5. The summed E-state index contributed by atoms with van der Waals surface area (Å²) in [6, 6.07) is 6.46. The van der Waals surface area contributed by atoms with Crippen molar-refractivity contribution >= 4 is 11.7 Å². The number of carbonyl (C=O) groups is 1. The third-order valence-corrected chi connectivity index (χ3v) is 2.15. The lowest BCUT2D eigenvalue weighted by atomic mass is 9.96. The van der Waals surface area contributed by atoms with Gasteiger partial charge in [0.2, 0.25) is 0 Å². The van der Waals surface area contributed by atoms with Gasteiger partial charge in [-0.05, 0) is 31.5 Å². The summed E-state index contributed by atoms with van der Waals surface area (Å²) in [7, 11) is 0. The van der Waals surface area contributed by atoms with Crippen LogP contribution >= 0.6 is 0 Å². The highest BCUT2D eigenvalue weighted by Gasteiger charge is 2.33. The van der Waals surface area contributed by atoms with Gasteiger partial charge in [0, 0.05) is 5.69 Å². The molecule has 1 atom stereocenters. The number of carbonyl (C=O) groups excluding carboxylic acids is 1. The molecule has 0 saturated heterocycles. The monoisotopic (exact) mass is 209 g/mol. The Labute approximate surface area is 88.7 Å². The molecule has 1 rings (SSSR count). The molecule has 4 nitrogen and oxygen atoms in total. The van der Waals surface area contributed by atoms with Crippen molar-refractivity contribution in [1.82, 2.24) is 0 Å². The fourth-order valence-corrected chi connectivity index (χ4v) is 1.20. The smallest absolute Gasteiger partial charge is 0.342 e. The zero-order valence-electron chi connectivity index (χ0n) is 8.86. The van der Waals surface area contributed by atoms with Gasteiger partial charge in [-0.25, -0.2) is 4.79 Å². The van der Waals surface area contributed by atoms with Crippen LogP contribution in [0.15, 0.2) is 24.3 Å². The van der Waals surface area contributed by atoms with Crippen molar-refractivity contribution in [2.45, 2.75) is 19.4 Å². The van der Waals surface area contributed by atoms with Crippen molar-refractivity contribution in [2.24, 2.45) is 0 Å². The molecule has 0 heterocycles. The Kier molecular flexibility index (Phi) is 3.31. The van der Waals surface area contributed by atoms with Gasteiger partial charge in [-0.15, -0.1) is 0 Å². The van der Waals surface area contributed by atoms with E-state index in [1.165, 1.54) is 6.92 Å². The van der Waals surface area contributed by atoms with Gasteiger partial charge in [-0.3, -0.25) is 0 Å². The van der Waals surface area contributed by atoms with Gasteiger partial charge in [0.15, 0.2) is 5.60 Å². The zero-order chi connectivity index (χ0) is 11.5. The molecule has 0 fully saturated rings. The van der Waals surface area contributed by atoms with Crippen LogP contribution in [0.1, 0.15) is 19.4 Å². The van der Waals surface area contributed by atoms with E-state index in [1.807, 2.05) is 0 Å². The summed E-state index contributed by atoms with van der Waals surface area (Å²) in [5.74, 6) is -0.658. The molecule has 3 N–H and O–H groups in total. The number of nitrogen functional groups attached to an aromatic ring is 1. The number of ether oxygens (including phenoxy) is 1. The first-order chi connectivity index (χ1) is 6.98. The number of hydrogen-bond acceptors (Lipinski definition) is 4. The van der Waals surface area contributed by atoms with Gasteiger partial charge in [-0.1, -0.05) is 12.1 Å². The number of hydrogen-bond donors (Lipinski definition) is 2. The zero-order valence-corrected chi connectivity index (χ0v) is 8.86. The average Bonchev–Trinajstić information content (AvgIpc) is 2.18. The van der Waals surface area contributed by atoms with E-state index in [4.69, 9.17) is 10.5 Å². The third-order valence-electron chi connectivity index (χ3n) is 2.15. The second-order valence-corrected chi connectivity index (χ2v) is 3.41. The molecule has 4 heteroatoms. The molecule has 1 aromatic rings. The predicted molar refractivity (Wildman–Crippen MR) is 57.1 cm³/mol. The quantitative estimate of drug-likeness (QED) is 0.576. The molecule has 0 amide bonds. The lowest BCUT2D eigenvalue weighted by Gasteiger charge is -2.21. The van der Waals surface area contributed by atoms with Crippen LogP contribution in [-0.4, -0.2) is 17.7 Å². The fraction of sp³-hybridized carbons (Fsp3) is 0.364. The van der Waals surface area contributed by atoms with E-state index in [9.17, 15) is 9.90 Å². The highest BCUT2D eigenvalue weighted by molar-refractivity contribution is 5.80. The summed E-state index contributed by atoms with van der Waals surface area (Å²) in [5.41, 5.74) is 4.94. The van der Waals surface area contributed by atoms with Crippen LogP contribution in [0.4, 0.5) is 5.69 Å². The number of benzene rings is 1. The highest BCUT2D eigenvalue weighted by atomic mass is 16.5. The lowest BCUT2D eigenvalue weighted by Crippen LogP contribution is -2.34. The van der Waals surface area contributed by atoms with Crippen LogP contribution in [0.5, 0.6) is 0 Å². The number of rotatable bonds is 3. The molecule has 0 aliphatic rings. The Morgan fingerprint density at radius 1 is 1.47 bits per heavy atom. The van der Waals surface area contributed by atoms with Crippen molar-refractivity contribution in [3.8, 4) is 0 Å².